The van der Waals surface area contributed by atoms with Crippen LogP contribution in [0, 0.1) is 18.8 Å². The normalized spacial score (nSPS) is 17.8. The molecule has 2 aliphatic rings. The van der Waals surface area contributed by atoms with E-state index in [1.54, 1.807) is 0 Å². The second-order valence-electron chi connectivity index (χ2n) is 12.6. The van der Waals surface area contributed by atoms with Crippen LogP contribution in [0.2, 0.25) is 0 Å². The predicted octanol–water partition coefficient (Wildman–Crippen LogP) is 6.00. The Hall–Kier alpha value is -3.67. The third kappa shape index (κ3) is 7.88. The van der Waals surface area contributed by atoms with Crippen LogP contribution in [0.25, 0.3) is 22.9 Å². The molecule has 2 aliphatic heterocycles. The fourth-order valence-corrected chi connectivity index (χ4v) is 6.19. The molecule has 44 heavy (non-hydrogen) atoms. The van der Waals surface area contributed by atoms with E-state index in [9.17, 15) is 9.59 Å². The molecule has 5 rings (SSSR count). The number of hydrogen-bond donors (Lipinski definition) is 1. The lowest BCUT2D eigenvalue weighted by Crippen LogP contribution is -2.42. The Kier molecular flexibility index (Phi) is 9.77. The first kappa shape index (κ1) is 31.7. The zero-order valence-electron chi connectivity index (χ0n) is 26.1. The van der Waals surface area contributed by atoms with Gasteiger partial charge in [-0.2, -0.15) is 0 Å². The van der Waals surface area contributed by atoms with Gasteiger partial charge in [0.1, 0.15) is 11.4 Å². The van der Waals surface area contributed by atoms with E-state index in [0.29, 0.717) is 18.3 Å². The smallest absolute Gasteiger partial charge is 0.407 e. The number of piperidine rings is 2. The zero-order valence-corrected chi connectivity index (χ0v) is 27.6. The van der Waals surface area contributed by atoms with Gasteiger partial charge in [-0.3, -0.25) is 4.79 Å². The van der Waals surface area contributed by atoms with E-state index < -0.39 is 11.7 Å². The lowest BCUT2D eigenvalue weighted by Gasteiger charge is -2.34. The maximum Gasteiger partial charge on any atom is 0.407 e. The van der Waals surface area contributed by atoms with Crippen molar-refractivity contribution in [3.8, 4) is 22.9 Å². The van der Waals surface area contributed by atoms with Crippen molar-refractivity contribution in [2.45, 2.75) is 59.0 Å². The van der Waals surface area contributed by atoms with Gasteiger partial charge in [-0.1, -0.05) is 15.9 Å². The Morgan fingerprint density at radius 1 is 1.05 bits per heavy atom. The molecule has 2 fully saturated rings. The van der Waals surface area contributed by atoms with E-state index in [2.05, 4.69) is 47.3 Å². The lowest BCUT2D eigenvalue weighted by molar-refractivity contribution is -0.146. The van der Waals surface area contributed by atoms with Gasteiger partial charge in [0.2, 0.25) is 11.8 Å². The predicted molar refractivity (Wildman–Crippen MR) is 172 cm³/mol. The number of amides is 1. The van der Waals surface area contributed by atoms with Gasteiger partial charge in [-0.05, 0) is 89.6 Å². The highest BCUT2D eigenvalue weighted by molar-refractivity contribution is 9.10. The lowest BCUT2D eigenvalue weighted by atomic mass is 9.96. The van der Waals surface area contributed by atoms with Crippen LogP contribution in [0.3, 0.4) is 0 Å². The minimum absolute atomic E-state index is 0.0811. The molecule has 1 aromatic carbocycles. The summed E-state index contributed by atoms with van der Waals surface area (Å²) in [5.74, 6) is 1.75. The Bertz CT molecular complexity index is 1480. The number of methoxy groups -OCH3 is 1. The summed E-state index contributed by atoms with van der Waals surface area (Å²) in [7, 11) is 1.44. The number of anilines is 2. The summed E-state index contributed by atoms with van der Waals surface area (Å²) in [6, 6.07) is 9.94. The van der Waals surface area contributed by atoms with Crippen molar-refractivity contribution in [3.63, 3.8) is 0 Å². The van der Waals surface area contributed by atoms with Crippen molar-refractivity contribution < 1.29 is 23.5 Å². The average molecular weight is 670 g/mol. The van der Waals surface area contributed by atoms with E-state index in [0.717, 1.165) is 84.7 Å². The number of halogens is 1. The van der Waals surface area contributed by atoms with Gasteiger partial charge in [0.25, 0.3) is 0 Å². The number of ether oxygens (including phenoxy) is 2. The molecule has 1 amide bonds. The largest absolute Gasteiger partial charge is 0.469 e. The van der Waals surface area contributed by atoms with Crippen LogP contribution in [0.5, 0.6) is 0 Å². The highest BCUT2D eigenvalue weighted by Gasteiger charge is 2.28. The van der Waals surface area contributed by atoms with Crippen LogP contribution in [0.4, 0.5) is 16.3 Å². The Labute approximate surface area is 266 Å². The summed E-state index contributed by atoms with van der Waals surface area (Å²) < 4.78 is 17.6. The molecule has 12 heteroatoms. The van der Waals surface area contributed by atoms with Crippen LogP contribution >= 0.6 is 15.9 Å². The molecule has 1 atom stereocenters. The molecule has 4 heterocycles. The van der Waals surface area contributed by atoms with Crippen LogP contribution in [0.15, 0.2) is 39.2 Å². The Balaban J connectivity index is 1.31. The molecular weight excluding hydrogens is 628 g/mol. The van der Waals surface area contributed by atoms with E-state index in [-0.39, 0.29) is 17.8 Å². The second-order valence-corrected chi connectivity index (χ2v) is 13.5. The average Bonchev–Trinajstić information content (AvgIpc) is 3.49. The fraction of sp³-hybridized carbons (Fsp3) is 0.531. The minimum atomic E-state index is -0.527. The molecule has 2 saturated heterocycles. The highest BCUT2D eigenvalue weighted by Crippen LogP contribution is 2.37. The SMILES string of the molecule is COC(=O)C1CCN(c2cc(Br)ccc2-c2nnc(-c3cc(C)nc(N4CCCC(CNC(=O)OC(C)(C)C)C4)c3)o2)CC1. The summed E-state index contributed by atoms with van der Waals surface area (Å²) in [5, 5.41) is 11.8. The van der Waals surface area contributed by atoms with Crippen molar-refractivity contribution in [2.75, 3.05) is 49.6 Å². The van der Waals surface area contributed by atoms with Crippen molar-refractivity contribution >= 4 is 39.5 Å². The molecule has 11 nitrogen and oxygen atoms in total. The molecule has 3 aromatic rings. The van der Waals surface area contributed by atoms with Gasteiger partial charge in [-0.25, -0.2) is 9.78 Å². The van der Waals surface area contributed by atoms with Crippen molar-refractivity contribution in [2.24, 2.45) is 11.8 Å². The third-order valence-corrected chi connectivity index (χ3v) is 8.44. The van der Waals surface area contributed by atoms with Crippen LogP contribution in [-0.4, -0.2) is 72.7 Å². The number of aromatic nitrogens is 3. The first-order valence-corrected chi connectivity index (χ1v) is 16.0. The molecule has 1 N–H and O–H groups in total. The van der Waals surface area contributed by atoms with Crippen molar-refractivity contribution in [1.29, 1.82) is 0 Å². The number of hydrogen-bond acceptors (Lipinski definition) is 10. The summed E-state index contributed by atoms with van der Waals surface area (Å²) in [4.78, 5) is 33.5. The van der Waals surface area contributed by atoms with Gasteiger partial charge < -0.3 is 29.0 Å². The molecule has 0 spiro atoms. The summed E-state index contributed by atoms with van der Waals surface area (Å²) in [6.07, 6.45) is 3.08. The standard InChI is InChI=1S/C32H41BrN6O5/c1-20-15-23(16-27(35-20)39-12-6-7-21(19-39)18-34-31(41)44-32(2,3)4)28-36-37-29(43-28)25-9-8-24(33)17-26(25)38-13-10-22(11-14-38)30(40)42-5/h8-9,15-17,21-22H,6-7,10-14,18-19H2,1-5H3,(H,34,41). The van der Waals surface area contributed by atoms with Crippen molar-refractivity contribution in [3.05, 3.63) is 40.5 Å². The van der Waals surface area contributed by atoms with E-state index in [1.165, 1.54) is 7.11 Å². The zero-order chi connectivity index (χ0) is 31.4. The van der Waals surface area contributed by atoms with Gasteiger partial charge in [0, 0.05) is 48.5 Å². The van der Waals surface area contributed by atoms with Crippen molar-refractivity contribution in [1.82, 2.24) is 20.5 Å². The summed E-state index contributed by atoms with van der Waals surface area (Å²) >= 11 is 3.60. The summed E-state index contributed by atoms with van der Waals surface area (Å²) in [5.41, 5.74) is 2.94. The van der Waals surface area contributed by atoms with E-state index in [1.807, 2.05) is 52.0 Å². The van der Waals surface area contributed by atoms with E-state index >= 15 is 0 Å². The number of nitrogens with one attached hydrogen (secondary N) is 1. The van der Waals surface area contributed by atoms with Crippen LogP contribution < -0.4 is 15.1 Å². The number of benzene rings is 1. The van der Waals surface area contributed by atoms with Crippen LogP contribution in [0.1, 0.15) is 52.1 Å². The molecule has 0 saturated carbocycles. The van der Waals surface area contributed by atoms with E-state index in [4.69, 9.17) is 18.9 Å². The number of alkyl carbamates (subject to hydrolysis) is 1. The second kappa shape index (κ2) is 13.5. The monoisotopic (exact) mass is 668 g/mol. The quantitative estimate of drug-likeness (QED) is 0.300. The molecular formula is C32H41BrN6O5. The number of nitrogens with zero attached hydrogens (tertiary/aromatic N) is 5. The maximum atomic E-state index is 12.2. The number of pyridine rings is 1. The highest BCUT2D eigenvalue weighted by atomic mass is 79.9. The molecule has 1 unspecified atom stereocenters. The number of esters is 1. The molecule has 0 radical (unpaired) electrons. The van der Waals surface area contributed by atoms with Gasteiger partial charge in [0.05, 0.1) is 24.3 Å². The molecule has 2 aromatic heterocycles. The topological polar surface area (TPSA) is 123 Å². The number of carbonyl (C=O) groups is 2. The fourth-order valence-electron chi connectivity index (χ4n) is 5.84. The van der Waals surface area contributed by atoms with Gasteiger partial charge in [0.15, 0.2) is 0 Å². The maximum absolute atomic E-state index is 12.2. The summed E-state index contributed by atoms with van der Waals surface area (Å²) in [6.45, 7) is 11.2. The molecule has 0 aliphatic carbocycles. The third-order valence-electron chi connectivity index (χ3n) is 7.95. The molecule has 236 valence electrons. The minimum Gasteiger partial charge on any atom is -0.469 e. The Morgan fingerprint density at radius 3 is 2.52 bits per heavy atom. The first-order valence-electron chi connectivity index (χ1n) is 15.2. The number of aryl methyl sites for hydroxylation is 1. The van der Waals surface area contributed by atoms with Crippen LogP contribution in [-0.2, 0) is 14.3 Å². The molecule has 0 bridgehead atoms. The number of carbonyl (C=O) groups excluding carboxylic acids is 2. The van der Waals surface area contributed by atoms with Gasteiger partial charge in [-0.15, -0.1) is 10.2 Å². The van der Waals surface area contributed by atoms with Gasteiger partial charge >= 0.3 is 12.1 Å². The number of rotatable bonds is 7. The Morgan fingerprint density at radius 2 is 1.80 bits per heavy atom. The first-order chi connectivity index (χ1) is 21.0.